The van der Waals surface area contributed by atoms with Crippen LogP contribution < -0.4 is 10.5 Å². The maximum atomic E-state index is 10.7. The second-order valence-electron chi connectivity index (χ2n) is 3.73. The third-order valence-corrected chi connectivity index (χ3v) is 3.07. The van der Waals surface area contributed by atoms with E-state index in [-0.39, 0.29) is 12.3 Å². The van der Waals surface area contributed by atoms with Gasteiger partial charge in [-0.25, -0.2) is 0 Å². The fourth-order valence-corrected chi connectivity index (χ4v) is 2.06. The van der Waals surface area contributed by atoms with Crippen LogP contribution in [0, 0.1) is 0 Å². The molecule has 0 amide bonds. The van der Waals surface area contributed by atoms with Crippen molar-refractivity contribution < 1.29 is 19.8 Å². The molecule has 0 spiro atoms. The highest BCUT2D eigenvalue weighted by molar-refractivity contribution is 7.98. The largest absolute Gasteiger partial charge is 0.480 e. The van der Waals surface area contributed by atoms with E-state index in [0.29, 0.717) is 19.0 Å². The molecule has 0 aromatic rings. The number of rotatable bonds is 6. The minimum atomic E-state index is -1.07. The molecule has 0 aromatic heterocycles. The third-order valence-electron chi connectivity index (χ3n) is 2.22. The van der Waals surface area contributed by atoms with E-state index in [1.807, 2.05) is 0 Å². The van der Waals surface area contributed by atoms with Gasteiger partial charge in [-0.3, -0.25) is 14.6 Å². The first-order valence-corrected chi connectivity index (χ1v) is 6.36. The minimum absolute atomic E-state index is 0.128. The first-order chi connectivity index (χ1) is 8.50. The van der Waals surface area contributed by atoms with Gasteiger partial charge in [0.25, 0.3) is 0 Å². The normalized spacial score (nSPS) is 16.9. The fraction of sp³-hybridized carbons (Fsp3) is 0.667. The van der Waals surface area contributed by atoms with Gasteiger partial charge >= 0.3 is 11.9 Å². The van der Waals surface area contributed by atoms with Gasteiger partial charge in [0.15, 0.2) is 0 Å². The molecule has 0 bridgehead atoms. The van der Waals surface area contributed by atoms with E-state index in [9.17, 15) is 9.59 Å². The van der Waals surface area contributed by atoms with Gasteiger partial charge in [-0.15, -0.1) is 0 Å². The van der Waals surface area contributed by atoms with Gasteiger partial charge in [0.05, 0.1) is 0 Å². The zero-order valence-corrected chi connectivity index (χ0v) is 10.5. The van der Waals surface area contributed by atoms with Crippen LogP contribution in [0.3, 0.4) is 0 Å². The molecule has 5 N–H and O–H groups in total. The molecule has 0 aromatic carbocycles. The molecule has 18 heavy (non-hydrogen) atoms. The van der Waals surface area contributed by atoms with Crippen molar-refractivity contribution in [2.45, 2.75) is 12.5 Å². The second-order valence-corrected chi connectivity index (χ2v) is 4.56. The number of hydrogen-bond donors (Lipinski definition) is 4. The maximum absolute atomic E-state index is 10.7. The lowest BCUT2D eigenvalue weighted by atomic mass is 10.3. The SMILES string of the molecule is NC(CSNC1=NCCCN1CC(=O)O)C(=O)O. The maximum Gasteiger partial charge on any atom is 0.323 e. The summed E-state index contributed by atoms with van der Waals surface area (Å²) >= 11 is 1.11. The molecule has 1 aliphatic rings. The summed E-state index contributed by atoms with van der Waals surface area (Å²) in [4.78, 5) is 26.9. The number of nitrogens with zero attached hydrogens (tertiary/aromatic N) is 2. The van der Waals surface area contributed by atoms with E-state index in [0.717, 1.165) is 18.4 Å². The summed E-state index contributed by atoms with van der Waals surface area (Å²) in [5.74, 6) is -1.36. The highest BCUT2D eigenvalue weighted by Gasteiger charge is 2.18. The number of nitrogens with two attached hydrogens (primary N) is 1. The molecular weight excluding hydrogens is 260 g/mol. The molecule has 0 radical (unpaired) electrons. The lowest BCUT2D eigenvalue weighted by molar-refractivity contribution is -0.138. The molecule has 1 unspecified atom stereocenters. The number of carboxylic acid groups (broad SMARTS) is 2. The van der Waals surface area contributed by atoms with Crippen molar-refractivity contribution in [2.24, 2.45) is 10.7 Å². The number of hydrogen-bond acceptors (Lipinski definition) is 7. The predicted octanol–water partition coefficient (Wildman–Crippen LogP) is -1.22. The summed E-state index contributed by atoms with van der Waals surface area (Å²) in [6.45, 7) is 1.12. The number of aliphatic carboxylic acids is 2. The molecule has 1 atom stereocenters. The zero-order valence-electron chi connectivity index (χ0n) is 9.70. The van der Waals surface area contributed by atoms with Crippen molar-refractivity contribution in [3.05, 3.63) is 0 Å². The van der Waals surface area contributed by atoms with Gasteiger partial charge < -0.3 is 25.6 Å². The van der Waals surface area contributed by atoms with Crippen molar-refractivity contribution in [3.8, 4) is 0 Å². The molecular formula is C9H16N4O4S. The Bertz CT molecular complexity index is 349. The first kappa shape index (κ1) is 14.6. The Balaban J connectivity index is 2.40. The Hall–Kier alpha value is -1.48. The highest BCUT2D eigenvalue weighted by atomic mass is 32.2. The molecule has 1 heterocycles. The molecule has 1 rings (SSSR count). The summed E-state index contributed by atoms with van der Waals surface area (Å²) in [5, 5.41) is 17.3. The number of carboxylic acids is 2. The summed E-state index contributed by atoms with van der Waals surface area (Å²) in [7, 11) is 0. The molecule has 102 valence electrons. The smallest absolute Gasteiger partial charge is 0.323 e. The number of guanidine groups is 1. The van der Waals surface area contributed by atoms with Crippen molar-refractivity contribution in [3.63, 3.8) is 0 Å². The van der Waals surface area contributed by atoms with Crippen LogP contribution in [0.25, 0.3) is 0 Å². The van der Waals surface area contributed by atoms with Gasteiger partial charge in [-0.05, 0) is 18.4 Å². The topological polar surface area (TPSA) is 128 Å². The van der Waals surface area contributed by atoms with E-state index >= 15 is 0 Å². The van der Waals surface area contributed by atoms with Crippen molar-refractivity contribution in [2.75, 3.05) is 25.4 Å². The monoisotopic (exact) mass is 276 g/mol. The lowest BCUT2D eigenvalue weighted by Gasteiger charge is -2.27. The van der Waals surface area contributed by atoms with Crippen LogP contribution in [0.1, 0.15) is 6.42 Å². The second kappa shape index (κ2) is 7.07. The van der Waals surface area contributed by atoms with Crippen LogP contribution in [-0.4, -0.2) is 64.4 Å². The van der Waals surface area contributed by atoms with Crippen LogP contribution in [0.15, 0.2) is 4.99 Å². The quantitative estimate of drug-likeness (QED) is 0.444. The van der Waals surface area contributed by atoms with Gasteiger partial charge in [0, 0.05) is 18.8 Å². The van der Waals surface area contributed by atoms with Crippen LogP contribution in [0.4, 0.5) is 0 Å². The van der Waals surface area contributed by atoms with Crippen LogP contribution in [0.5, 0.6) is 0 Å². The molecule has 0 aliphatic carbocycles. The Labute approximate surface area is 108 Å². The summed E-state index contributed by atoms with van der Waals surface area (Å²) < 4.78 is 2.85. The summed E-state index contributed by atoms with van der Waals surface area (Å²) in [6, 6.07) is -0.959. The predicted molar refractivity (Wildman–Crippen MR) is 67.3 cm³/mol. The van der Waals surface area contributed by atoms with Gasteiger partial charge in [-0.2, -0.15) is 0 Å². The Kier molecular flexibility index (Phi) is 5.72. The van der Waals surface area contributed by atoms with Gasteiger partial charge in [-0.1, -0.05) is 0 Å². The van der Waals surface area contributed by atoms with Crippen molar-refractivity contribution in [1.82, 2.24) is 9.62 Å². The van der Waals surface area contributed by atoms with E-state index in [1.54, 1.807) is 4.90 Å². The Morgan fingerprint density at radius 1 is 1.56 bits per heavy atom. The lowest BCUT2D eigenvalue weighted by Crippen LogP contribution is -2.45. The number of nitrogens with one attached hydrogen (secondary N) is 1. The van der Waals surface area contributed by atoms with Gasteiger partial charge in [0.1, 0.15) is 12.6 Å². The van der Waals surface area contributed by atoms with Crippen LogP contribution in [-0.2, 0) is 9.59 Å². The standard InChI is InChI=1S/C9H16N4O4S/c10-6(8(16)17)5-18-12-9-11-2-1-3-13(9)4-7(14)15/h6H,1-5,10H2,(H,11,12)(H,14,15)(H,16,17). The van der Waals surface area contributed by atoms with Crippen LogP contribution in [0.2, 0.25) is 0 Å². The van der Waals surface area contributed by atoms with E-state index in [1.165, 1.54) is 0 Å². The van der Waals surface area contributed by atoms with Crippen molar-refractivity contribution >= 4 is 29.8 Å². The Morgan fingerprint density at radius 2 is 2.28 bits per heavy atom. The summed E-state index contributed by atoms with van der Waals surface area (Å²) in [6.07, 6.45) is 0.803. The molecule has 0 saturated heterocycles. The van der Waals surface area contributed by atoms with Gasteiger partial charge in [0.2, 0.25) is 5.96 Å². The van der Waals surface area contributed by atoms with E-state index in [4.69, 9.17) is 15.9 Å². The average Bonchev–Trinajstić information content (AvgIpc) is 2.30. The molecule has 8 nitrogen and oxygen atoms in total. The van der Waals surface area contributed by atoms with Crippen LogP contribution >= 0.6 is 11.9 Å². The Morgan fingerprint density at radius 3 is 2.89 bits per heavy atom. The highest BCUT2D eigenvalue weighted by Crippen LogP contribution is 2.05. The van der Waals surface area contributed by atoms with Crippen molar-refractivity contribution in [1.29, 1.82) is 0 Å². The zero-order chi connectivity index (χ0) is 13.5. The summed E-state index contributed by atoms with van der Waals surface area (Å²) in [5.41, 5.74) is 5.34. The molecule has 9 heteroatoms. The third kappa shape index (κ3) is 4.80. The average molecular weight is 276 g/mol. The van der Waals surface area contributed by atoms with E-state index in [2.05, 4.69) is 9.71 Å². The molecule has 0 saturated carbocycles. The minimum Gasteiger partial charge on any atom is -0.480 e. The molecule has 0 fully saturated rings. The van der Waals surface area contributed by atoms with E-state index < -0.39 is 18.0 Å². The number of carbonyl (C=O) groups is 2. The molecule has 1 aliphatic heterocycles. The first-order valence-electron chi connectivity index (χ1n) is 5.38. The fourth-order valence-electron chi connectivity index (χ4n) is 1.33. The number of aliphatic imine (C=N–C) groups is 1.